The highest BCUT2D eigenvalue weighted by molar-refractivity contribution is 5.74. The first-order valence-electron chi connectivity index (χ1n) is 6.10. The van der Waals surface area contributed by atoms with E-state index in [1.165, 1.54) is 16.7 Å². The van der Waals surface area contributed by atoms with Crippen molar-refractivity contribution in [3.05, 3.63) is 34.9 Å². The molecule has 0 heterocycles. The molecule has 0 bridgehead atoms. The van der Waals surface area contributed by atoms with Crippen LogP contribution >= 0.6 is 0 Å². The van der Waals surface area contributed by atoms with Crippen molar-refractivity contribution in [1.82, 2.24) is 5.32 Å². The van der Waals surface area contributed by atoms with Crippen LogP contribution in [0.1, 0.15) is 29.5 Å². The minimum Gasteiger partial charge on any atom is -0.480 e. The largest absolute Gasteiger partial charge is 0.480 e. The zero-order valence-corrected chi connectivity index (χ0v) is 10.4. The van der Waals surface area contributed by atoms with E-state index in [1.807, 2.05) is 0 Å². The van der Waals surface area contributed by atoms with E-state index >= 15 is 0 Å². The Bertz CT molecular complexity index is 424. The first kappa shape index (κ1) is 12.1. The number of carboxylic acids is 1. The van der Waals surface area contributed by atoms with Gasteiger partial charge in [-0.2, -0.15) is 0 Å². The molecule has 3 heteroatoms. The Hall–Kier alpha value is -1.35. The summed E-state index contributed by atoms with van der Waals surface area (Å²) in [6.07, 6.45) is 2.08. The van der Waals surface area contributed by atoms with Crippen molar-refractivity contribution in [2.75, 3.05) is 0 Å². The maximum Gasteiger partial charge on any atom is 0.320 e. The van der Waals surface area contributed by atoms with E-state index in [2.05, 4.69) is 37.4 Å². The average Bonchev–Trinajstić information content (AvgIpc) is 3.05. The summed E-state index contributed by atoms with van der Waals surface area (Å²) in [4.78, 5) is 11.1. The lowest BCUT2D eigenvalue weighted by Crippen LogP contribution is -2.38. The highest BCUT2D eigenvalue weighted by Crippen LogP contribution is 2.32. The molecule has 1 aliphatic carbocycles. The number of aliphatic carboxylic acids is 1. The van der Waals surface area contributed by atoms with Crippen LogP contribution in [0.2, 0.25) is 0 Å². The van der Waals surface area contributed by atoms with Gasteiger partial charge in [0.05, 0.1) is 0 Å². The lowest BCUT2D eigenvalue weighted by Gasteiger charge is -2.14. The zero-order chi connectivity index (χ0) is 12.4. The lowest BCUT2D eigenvalue weighted by atomic mass is 10.1. The van der Waals surface area contributed by atoms with Crippen LogP contribution in [0.5, 0.6) is 0 Å². The van der Waals surface area contributed by atoms with Crippen molar-refractivity contribution in [3.8, 4) is 0 Å². The lowest BCUT2D eigenvalue weighted by molar-refractivity contribution is -0.140. The van der Waals surface area contributed by atoms with Gasteiger partial charge in [0.1, 0.15) is 6.04 Å². The molecular weight excluding hydrogens is 214 g/mol. The van der Waals surface area contributed by atoms with Crippen LogP contribution in [0.15, 0.2) is 18.2 Å². The first-order valence-corrected chi connectivity index (χ1v) is 6.10. The minimum absolute atomic E-state index is 0.332. The number of hydrogen-bond acceptors (Lipinski definition) is 2. The number of benzene rings is 1. The molecule has 0 aliphatic heterocycles. The summed E-state index contributed by atoms with van der Waals surface area (Å²) in [5, 5.41) is 12.3. The van der Waals surface area contributed by atoms with Gasteiger partial charge in [-0.25, -0.2) is 0 Å². The average molecular weight is 233 g/mol. The Labute approximate surface area is 102 Å². The summed E-state index contributed by atoms with van der Waals surface area (Å²) in [5.41, 5.74) is 3.64. The summed E-state index contributed by atoms with van der Waals surface area (Å²) in [6, 6.07) is 5.89. The van der Waals surface area contributed by atoms with Crippen molar-refractivity contribution >= 4 is 5.97 Å². The van der Waals surface area contributed by atoms with Gasteiger partial charge in [-0.1, -0.05) is 23.8 Å². The SMILES string of the molecule is Cc1ccc(CNC(C(=O)O)C2CC2)c(C)c1. The number of carboxylic acid groups (broad SMARTS) is 1. The van der Waals surface area contributed by atoms with Crippen LogP contribution in [-0.4, -0.2) is 17.1 Å². The molecule has 2 rings (SSSR count). The standard InChI is InChI=1S/C14H19NO2/c1-9-3-4-12(10(2)7-9)8-15-13(14(16)17)11-5-6-11/h3-4,7,11,13,15H,5-6,8H2,1-2H3,(H,16,17). The molecule has 17 heavy (non-hydrogen) atoms. The third-order valence-electron chi connectivity index (χ3n) is 3.37. The van der Waals surface area contributed by atoms with Crippen LogP contribution in [0.4, 0.5) is 0 Å². The van der Waals surface area contributed by atoms with Gasteiger partial charge in [0, 0.05) is 6.54 Å². The van der Waals surface area contributed by atoms with E-state index in [-0.39, 0.29) is 6.04 Å². The molecule has 0 amide bonds. The van der Waals surface area contributed by atoms with Crippen molar-refractivity contribution < 1.29 is 9.90 Å². The van der Waals surface area contributed by atoms with Gasteiger partial charge in [-0.3, -0.25) is 4.79 Å². The third kappa shape index (κ3) is 3.07. The fraction of sp³-hybridized carbons (Fsp3) is 0.500. The molecule has 0 radical (unpaired) electrons. The Balaban J connectivity index is 1.98. The molecule has 1 aliphatic rings. The predicted molar refractivity (Wildman–Crippen MR) is 66.9 cm³/mol. The Morgan fingerprint density at radius 3 is 2.71 bits per heavy atom. The van der Waals surface area contributed by atoms with Crippen LogP contribution in [0.25, 0.3) is 0 Å². The van der Waals surface area contributed by atoms with Gasteiger partial charge in [-0.05, 0) is 43.7 Å². The first-order chi connectivity index (χ1) is 8.08. The van der Waals surface area contributed by atoms with E-state index in [0.29, 0.717) is 12.5 Å². The Kier molecular flexibility index (Phi) is 3.48. The summed E-state index contributed by atoms with van der Waals surface area (Å²) < 4.78 is 0. The maximum absolute atomic E-state index is 11.1. The molecule has 0 spiro atoms. The fourth-order valence-electron chi connectivity index (χ4n) is 2.15. The molecule has 1 atom stereocenters. The van der Waals surface area contributed by atoms with E-state index in [9.17, 15) is 4.79 Å². The molecule has 0 aromatic heterocycles. The van der Waals surface area contributed by atoms with Crippen LogP contribution < -0.4 is 5.32 Å². The van der Waals surface area contributed by atoms with Crippen molar-refractivity contribution in [1.29, 1.82) is 0 Å². The van der Waals surface area contributed by atoms with Gasteiger partial charge >= 0.3 is 5.97 Å². The molecule has 92 valence electrons. The summed E-state index contributed by atoms with van der Waals surface area (Å²) >= 11 is 0. The van der Waals surface area contributed by atoms with E-state index in [4.69, 9.17) is 5.11 Å². The number of carbonyl (C=O) groups is 1. The molecule has 2 N–H and O–H groups in total. The van der Waals surface area contributed by atoms with Crippen LogP contribution in [0, 0.1) is 19.8 Å². The van der Waals surface area contributed by atoms with Gasteiger partial charge in [-0.15, -0.1) is 0 Å². The minimum atomic E-state index is -0.725. The summed E-state index contributed by atoms with van der Waals surface area (Å²) in [6.45, 7) is 4.77. The summed E-state index contributed by atoms with van der Waals surface area (Å²) in [7, 11) is 0. The zero-order valence-electron chi connectivity index (χ0n) is 10.4. The van der Waals surface area contributed by atoms with Gasteiger partial charge in [0.15, 0.2) is 0 Å². The van der Waals surface area contributed by atoms with Gasteiger partial charge in [0.2, 0.25) is 0 Å². The molecule has 1 aromatic carbocycles. The second kappa shape index (κ2) is 4.88. The van der Waals surface area contributed by atoms with Crippen molar-refractivity contribution in [2.24, 2.45) is 5.92 Å². The quantitative estimate of drug-likeness (QED) is 0.820. The number of hydrogen-bond donors (Lipinski definition) is 2. The van der Waals surface area contributed by atoms with Crippen molar-refractivity contribution in [3.63, 3.8) is 0 Å². The molecule has 1 saturated carbocycles. The van der Waals surface area contributed by atoms with Gasteiger partial charge in [0.25, 0.3) is 0 Å². The summed E-state index contributed by atoms with van der Waals surface area (Å²) in [5.74, 6) is -0.393. The number of nitrogens with one attached hydrogen (secondary N) is 1. The molecule has 1 unspecified atom stereocenters. The maximum atomic E-state index is 11.1. The smallest absolute Gasteiger partial charge is 0.320 e. The topological polar surface area (TPSA) is 49.3 Å². The monoisotopic (exact) mass is 233 g/mol. The fourth-order valence-corrected chi connectivity index (χ4v) is 2.15. The van der Waals surface area contributed by atoms with E-state index < -0.39 is 5.97 Å². The van der Waals surface area contributed by atoms with Crippen LogP contribution in [0.3, 0.4) is 0 Å². The molecule has 0 saturated heterocycles. The molecule has 3 nitrogen and oxygen atoms in total. The second-order valence-corrected chi connectivity index (χ2v) is 4.96. The third-order valence-corrected chi connectivity index (χ3v) is 3.37. The van der Waals surface area contributed by atoms with E-state index in [1.54, 1.807) is 0 Å². The second-order valence-electron chi connectivity index (χ2n) is 4.96. The Morgan fingerprint density at radius 1 is 1.47 bits per heavy atom. The van der Waals surface area contributed by atoms with Gasteiger partial charge < -0.3 is 10.4 Å². The highest BCUT2D eigenvalue weighted by Gasteiger charge is 2.35. The van der Waals surface area contributed by atoms with Crippen LogP contribution in [-0.2, 0) is 11.3 Å². The normalized spacial score (nSPS) is 16.8. The predicted octanol–water partition coefficient (Wildman–Crippen LogP) is 2.26. The highest BCUT2D eigenvalue weighted by atomic mass is 16.4. The molecule has 1 fully saturated rings. The number of aryl methyl sites for hydroxylation is 2. The molecule has 1 aromatic rings. The Morgan fingerprint density at radius 2 is 2.18 bits per heavy atom. The van der Waals surface area contributed by atoms with Crippen molar-refractivity contribution in [2.45, 2.75) is 39.3 Å². The van der Waals surface area contributed by atoms with E-state index in [0.717, 1.165) is 12.8 Å². The number of rotatable bonds is 5. The molecular formula is C14H19NO2.